The molecule has 0 spiro atoms. The molecule has 2 aromatic carbocycles. The first kappa shape index (κ1) is 20.3. The molecule has 1 aliphatic carbocycles. The van der Waals surface area contributed by atoms with Gasteiger partial charge in [0.2, 0.25) is 11.7 Å². The van der Waals surface area contributed by atoms with Crippen molar-refractivity contribution in [3.63, 3.8) is 0 Å². The zero-order valence-corrected chi connectivity index (χ0v) is 16.6. The van der Waals surface area contributed by atoms with Crippen LogP contribution < -0.4 is 24.3 Å². The van der Waals surface area contributed by atoms with Crippen molar-refractivity contribution in [1.82, 2.24) is 0 Å². The Morgan fingerprint density at radius 3 is 2.00 bits per heavy atom. The lowest BCUT2D eigenvalue weighted by Gasteiger charge is -2.16. The molecule has 0 heterocycles. The van der Waals surface area contributed by atoms with Gasteiger partial charge in [-0.15, -0.1) is 0 Å². The van der Waals surface area contributed by atoms with Crippen molar-refractivity contribution >= 4 is 17.6 Å². The number of benzene rings is 2. The van der Waals surface area contributed by atoms with E-state index in [0.29, 0.717) is 34.2 Å². The number of carboxylic acid groups (broad SMARTS) is 1. The molecule has 0 aromatic heterocycles. The average molecular weight is 401 g/mol. The summed E-state index contributed by atoms with van der Waals surface area (Å²) in [5.41, 5.74) is -0.441. The number of carbonyl (C=O) groups excluding carboxylic acids is 1. The largest absolute Gasteiger partial charge is 0.497 e. The van der Waals surface area contributed by atoms with Gasteiger partial charge in [-0.2, -0.15) is 0 Å². The molecular weight excluding hydrogens is 378 g/mol. The van der Waals surface area contributed by atoms with Crippen LogP contribution in [0.4, 0.5) is 5.69 Å². The summed E-state index contributed by atoms with van der Waals surface area (Å²) in [7, 11) is 5.99. The van der Waals surface area contributed by atoms with Gasteiger partial charge in [-0.1, -0.05) is 0 Å². The minimum Gasteiger partial charge on any atom is -0.497 e. The summed E-state index contributed by atoms with van der Waals surface area (Å²) >= 11 is 0. The lowest BCUT2D eigenvalue weighted by atomic mass is 9.97. The molecule has 1 saturated carbocycles. The maximum atomic E-state index is 12.9. The summed E-state index contributed by atoms with van der Waals surface area (Å²) in [5.74, 6) is -0.420. The zero-order valence-electron chi connectivity index (χ0n) is 16.6. The highest BCUT2D eigenvalue weighted by molar-refractivity contribution is 6.12. The highest BCUT2D eigenvalue weighted by atomic mass is 16.5. The van der Waals surface area contributed by atoms with Crippen LogP contribution in [-0.4, -0.2) is 45.4 Å². The first-order chi connectivity index (χ1) is 13.9. The Hall–Kier alpha value is -3.42. The van der Waals surface area contributed by atoms with Gasteiger partial charge in [-0.3, -0.25) is 9.59 Å². The highest BCUT2D eigenvalue weighted by Crippen LogP contribution is 2.61. The minimum atomic E-state index is -1.56. The smallest absolute Gasteiger partial charge is 0.319 e. The first-order valence-corrected chi connectivity index (χ1v) is 8.90. The van der Waals surface area contributed by atoms with Crippen molar-refractivity contribution in [2.75, 3.05) is 33.8 Å². The van der Waals surface area contributed by atoms with Crippen LogP contribution in [0, 0.1) is 5.41 Å². The Labute approximate surface area is 168 Å². The second-order valence-corrected chi connectivity index (χ2v) is 6.67. The molecule has 0 bridgehead atoms. The number of methoxy groups -OCH3 is 4. The molecule has 2 unspecified atom stereocenters. The molecule has 2 atom stereocenters. The minimum absolute atomic E-state index is 0.170. The van der Waals surface area contributed by atoms with E-state index in [1.807, 2.05) is 0 Å². The van der Waals surface area contributed by atoms with Crippen molar-refractivity contribution in [1.29, 1.82) is 0 Å². The van der Waals surface area contributed by atoms with Gasteiger partial charge in [0.25, 0.3) is 0 Å². The van der Waals surface area contributed by atoms with Crippen LogP contribution in [0.15, 0.2) is 36.4 Å². The van der Waals surface area contributed by atoms with Crippen LogP contribution in [-0.2, 0) is 9.59 Å². The van der Waals surface area contributed by atoms with E-state index in [-0.39, 0.29) is 6.42 Å². The number of amides is 1. The molecule has 0 saturated heterocycles. The Bertz CT molecular complexity index is 900. The topological polar surface area (TPSA) is 103 Å². The molecule has 2 N–H and O–H groups in total. The zero-order chi connectivity index (χ0) is 21.2. The number of aliphatic carboxylic acids is 1. The van der Waals surface area contributed by atoms with Crippen LogP contribution in [0.5, 0.6) is 23.0 Å². The summed E-state index contributed by atoms with van der Waals surface area (Å²) in [6.07, 6.45) is 0.170. The number of hydrogen-bond donors (Lipinski definition) is 2. The summed E-state index contributed by atoms with van der Waals surface area (Å²) in [6, 6.07) is 10.0. The van der Waals surface area contributed by atoms with Gasteiger partial charge in [-0.25, -0.2) is 0 Å². The standard InChI is InChI=1S/C21H23NO7/c1-26-14-7-5-13(6-8-14)22-19(23)21(20(24)25)11-15(21)12-9-16(27-2)18(29-4)17(10-12)28-3/h5-10,15H,11H2,1-4H3,(H,22,23)(H,24,25). The average Bonchev–Trinajstić information content (AvgIpc) is 3.50. The number of carbonyl (C=O) groups is 2. The molecule has 29 heavy (non-hydrogen) atoms. The Morgan fingerprint density at radius 2 is 1.55 bits per heavy atom. The fourth-order valence-electron chi connectivity index (χ4n) is 3.47. The van der Waals surface area contributed by atoms with Crippen molar-refractivity contribution in [3.8, 4) is 23.0 Å². The third kappa shape index (κ3) is 3.53. The molecule has 1 amide bonds. The normalized spacial score (nSPS) is 19.8. The van der Waals surface area contributed by atoms with Gasteiger partial charge < -0.3 is 29.4 Å². The third-order valence-electron chi connectivity index (χ3n) is 5.18. The second-order valence-electron chi connectivity index (χ2n) is 6.67. The number of anilines is 1. The van der Waals surface area contributed by atoms with E-state index < -0.39 is 23.2 Å². The van der Waals surface area contributed by atoms with Crippen molar-refractivity contribution in [2.24, 2.45) is 5.41 Å². The van der Waals surface area contributed by atoms with E-state index in [0.717, 1.165) is 0 Å². The summed E-state index contributed by atoms with van der Waals surface area (Å²) < 4.78 is 21.1. The van der Waals surface area contributed by atoms with Crippen molar-refractivity contribution in [3.05, 3.63) is 42.0 Å². The maximum Gasteiger partial charge on any atom is 0.319 e. The quantitative estimate of drug-likeness (QED) is 0.656. The molecule has 154 valence electrons. The summed E-state index contributed by atoms with van der Waals surface area (Å²) in [5, 5.41) is 12.5. The van der Waals surface area contributed by atoms with Gasteiger partial charge in [0.1, 0.15) is 5.75 Å². The van der Waals surface area contributed by atoms with Crippen LogP contribution in [0.1, 0.15) is 17.9 Å². The molecule has 0 aliphatic heterocycles. The van der Waals surface area contributed by atoms with Crippen LogP contribution in [0.2, 0.25) is 0 Å². The fraction of sp³-hybridized carbons (Fsp3) is 0.333. The molecule has 8 heteroatoms. The summed E-state index contributed by atoms with van der Waals surface area (Å²) in [4.78, 5) is 25.0. The SMILES string of the molecule is COc1ccc(NC(=O)C2(C(=O)O)CC2c2cc(OC)c(OC)c(OC)c2)cc1. The molecule has 1 aliphatic rings. The van der Waals surface area contributed by atoms with Gasteiger partial charge >= 0.3 is 5.97 Å². The Balaban J connectivity index is 1.90. The van der Waals surface area contributed by atoms with Gasteiger partial charge in [0.05, 0.1) is 28.4 Å². The first-order valence-electron chi connectivity index (χ1n) is 8.90. The van der Waals surface area contributed by atoms with Crippen molar-refractivity contribution < 1.29 is 33.6 Å². The van der Waals surface area contributed by atoms with Crippen LogP contribution >= 0.6 is 0 Å². The maximum absolute atomic E-state index is 12.9. The van der Waals surface area contributed by atoms with Crippen LogP contribution in [0.3, 0.4) is 0 Å². The van der Waals surface area contributed by atoms with Crippen molar-refractivity contribution in [2.45, 2.75) is 12.3 Å². The molecular formula is C21H23NO7. The van der Waals surface area contributed by atoms with E-state index in [2.05, 4.69) is 5.32 Å². The van der Waals surface area contributed by atoms with E-state index in [1.165, 1.54) is 21.3 Å². The Kier molecular flexibility index (Phi) is 5.54. The molecule has 1 fully saturated rings. The van der Waals surface area contributed by atoms with E-state index in [4.69, 9.17) is 18.9 Å². The predicted molar refractivity (Wildman–Crippen MR) is 105 cm³/mol. The highest BCUT2D eigenvalue weighted by Gasteiger charge is 2.67. The fourth-order valence-corrected chi connectivity index (χ4v) is 3.47. The Morgan fingerprint density at radius 1 is 0.966 bits per heavy atom. The van der Waals surface area contributed by atoms with Gasteiger partial charge in [0, 0.05) is 11.6 Å². The number of carboxylic acids is 1. The predicted octanol–water partition coefficient (Wildman–Crippen LogP) is 2.92. The number of rotatable bonds is 8. The number of ether oxygens (including phenoxy) is 4. The van der Waals surface area contributed by atoms with E-state index >= 15 is 0 Å². The monoisotopic (exact) mass is 401 g/mol. The third-order valence-corrected chi connectivity index (χ3v) is 5.18. The molecule has 3 rings (SSSR count). The van der Waals surface area contributed by atoms with Gasteiger partial charge in [-0.05, 0) is 48.4 Å². The lowest BCUT2D eigenvalue weighted by molar-refractivity contribution is -0.147. The lowest BCUT2D eigenvalue weighted by Crippen LogP contribution is -2.33. The van der Waals surface area contributed by atoms with Crippen LogP contribution in [0.25, 0.3) is 0 Å². The number of hydrogen-bond acceptors (Lipinski definition) is 6. The summed E-state index contributed by atoms with van der Waals surface area (Å²) in [6.45, 7) is 0. The number of nitrogens with one attached hydrogen (secondary N) is 1. The molecule has 2 aromatic rings. The molecule has 8 nitrogen and oxygen atoms in total. The second kappa shape index (κ2) is 7.90. The van der Waals surface area contributed by atoms with Gasteiger partial charge in [0.15, 0.2) is 16.9 Å². The van der Waals surface area contributed by atoms with E-state index in [9.17, 15) is 14.7 Å². The molecule has 0 radical (unpaired) electrons. The van der Waals surface area contributed by atoms with E-state index in [1.54, 1.807) is 43.5 Å².